The molecule has 0 spiro atoms. The maximum atomic E-state index is 12.6. The zero-order valence-electron chi connectivity index (χ0n) is 10.7. The van der Waals surface area contributed by atoms with Gasteiger partial charge in [-0.3, -0.25) is 10.2 Å². The summed E-state index contributed by atoms with van der Waals surface area (Å²) in [4.78, 5) is 22.4. The average Bonchev–Trinajstić information content (AvgIpc) is 2.22. The van der Waals surface area contributed by atoms with Crippen molar-refractivity contribution < 1.29 is 27.9 Å². The summed E-state index contributed by atoms with van der Waals surface area (Å²) in [7, 11) is 0. The van der Waals surface area contributed by atoms with E-state index in [1.807, 2.05) is 0 Å². The highest BCUT2D eigenvalue weighted by Gasteiger charge is 2.40. The Bertz CT molecular complexity index is 433. The van der Waals surface area contributed by atoms with Gasteiger partial charge >= 0.3 is 12.1 Å². The molecule has 1 atom stereocenters. The van der Waals surface area contributed by atoms with Gasteiger partial charge in [-0.15, -0.1) is 0 Å². The molecule has 1 unspecified atom stereocenters. The largest absolute Gasteiger partial charge is 0.480 e. The number of carboxylic acid groups (broad SMARTS) is 1. The molecule has 0 fully saturated rings. The van der Waals surface area contributed by atoms with Crippen LogP contribution in [0.2, 0.25) is 0 Å². The molecule has 20 heavy (non-hydrogen) atoms. The highest BCUT2D eigenvalue weighted by molar-refractivity contribution is 6.67. The van der Waals surface area contributed by atoms with E-state index in [1.54, 1.807) is 19.2 Å². The van der Waals surface area contributed by atoms with Crippen LogP contribution in [0.1, 0.15) is 20.3 Å². The van der Waals surface area contributed by atoms with Crippen molar-refractivity contribution in [3.05, 3.63) is 11.6 Å². The lowest BCUT2D eigenvalue weighted by Gasteiger charge is -2.18. The molecule has 0 aliphatic heterocycles. The van der Waals surface area contributed by atoms with Gasteiger partial charge in [0, 0.05) is 0 Å². The molecule has 5 nitrogen and oxygen atoms in total. The number of nitrogens with one attached hydrogen (secondary N) is 2. The number of rotatable bonds is 6. The monoisotopic (exact) mass is 314 g/mol. The van der Waals surface area contributed by atoms with Crippen molar-refractivity contribution in [1.29, 1.82) is 5.41 Å². The summed E-state index contributed by atoms with van der Waals surface area (Å²) in [6.45, 7) is 3.33. The Kier molecular flexibility index (Phi) is 6.70. The molecule has 1 amide bonds. The number of amides is 1. The topological polar surface area (TPSA) is 90.3 Å². The molecule has 0 rings (SSSR count). The maximum absolute atomic E-state index is 12.6. The van der Waals surface area contributed by atoms with Gasteiger partial charge in [0.25, 0.3) is 5.91 Å². The van der Waals surface area contributed by atoms with Crippen LogP contribution in [0, 0.1) is 11.3 Å². The fourth-order valence-electron chi connectivity index (χ4n) is 1.33. The Hall–Kier alpha value is -1.57. The van der Waals surface area contributed by atoms with E-state index < -0.39 is 34.8 Å². The van der Waals surface area contributed by atoms with Gasteiger partial charge in [-0.2, -0.15) is 13.2 Å². The Morgan fingerprint density at radius 2 is 1.90 bits per heavy atom. The van der Waals surface area contributed by atoms with Gasteiger partial charge in [0.15, 0.2) is 0 Å². The summed E-state index contributed by atoms with van der Waals surface area (Å²) in [5.41, 5.74) is -1.72. The van der Waals surface area contributed by atoms with Crippen LogP contribution in [0.3, 0.4) is 0 Å². The third-order valence-electron chi connectivity index (χ3n) is 2.13. The van der Waals surface area contributed by atoms with Crippen LogP contribution in [0.4, 0.5) is 13.2 Å². The smallest absolute Gasteiger partial charge is 0.421 e. The minimum atomic E-state index is -5.04. The lowest BCUT2D eigenvalue weighted by Crippen LogP contribution is -2.44. The minimum Gasteiger partial charge on any atom is -0.480 e. The van der Waals surface area contributed by atoms with Crippen molar-refractivity contribution in [1.82, 2.24) is 5.32 Å². The summed E-state index contributed by atoms with van der Waals surface area (Å²) >= 11 is 5.02. The molecule has 3 N–H and O–H groups in total. The van der Waals surface area contributed by atoms with E-state index in [2.05, 4.69) is 0 Å². The number of hydrogen-bond donors (Lipinski definition) is 3. The predicted molar refractivity (Wildman–Crippen MR) is 66.7 cm³/mol. The van der Waals surface area contributed by atoms with Crippen LogP contribution in [0.25, 0.3) is 0 Å². The summed E-state index contributed by atoms with van der Waals surface area (Å²) < 4.78 is 37.8. The number of alkyl halides is 3. The summed E-state index contributed by atoms with van der Waals surface area (Å²) in [5, 5.41) is 16.4. The SMILES string of the molecule is CC(C)CC(NC(=O)/C(=C\C(=N)Cl)C(F)(F)F)C(=O)O. The summed E-state index contributed by atoms with van der Waals surface area (Å²) in [5.74, 6) is -3.20. The average molecular weight is 315 g/mol. The number of carbonyl (C=O) groups excluding carboxylic acids is 1. The predicted octanol–water partition coefficient (Wildman–Crippen LogP) is 2.31. The summed E-state index contributed by atoms with van der Waals surface area (Å²) in [6, 6.07) is -1.45. The first kappa shape index (κ1) is 18.4. The van der Waals surface area contributed by atoms with Crippen molar-refractivity contribution in [2.24, 2.45) is 5.92 Å². The fourth-order valence-corrected chi connectivity index (χ4v) is 1.44. The number of carbonyl (C=O) groups is 2. The summed E-state index contributed by atoms with van der Waals surface area (Å²) in [6.07, 6.45) is -4.93. The van der Waals surface area contributed by atoms with Crippen molar-refractivity contribution in [2.45, 2.75) is 32.5 Å². The molecule has 0 aromatic heterocycles. The number of allylic oxidation sites excluding steroid dienone is 1. The quantitative estimate of drug-likeness (QED) is 0.519. The van der Waals surface area contributed by atoms with Gasteiger partial charge in [-0.05, 0) is 18.4 Å². The molecule has 0 bridgehead atoms. The van der Waals surface area contributed by atoms with Gasteiger partial charge in [0.05, 0.1) is 0 Å². The second kappa shape index (κ2) is 7.28. The molecule has 0 saturated carbocycles. The molecule has 114 valence electrons. The number of hydrogen-bond acceptors (Lipinski definition) is 3. The first-order chi connectivity index (χ1) is 8.95. The van der Waals surface area contributed by atoms with E-state index in [0.29, 0.717) is 0 Å². The highest BCUT2D eigenvalue weighted by Crippen LogP contribution is 2.26. The molecule has 9 heteroatoms. The van der Waals surface area contributed by atoms with Crippen LogP contribution < -0.4 is 5.32 Å². The second-order valence-corrected chi connectivity index (χ2v) is 4.80. The number of halogens is 4. The first-order valence-electron chi connectivity index (χ1n) is 5.51. The van der Waals surface area contributed by atoms with E-state index in [0.717, 1.165) is 0 Å². The van der Waals surface area contributed by atoms with Gasteiger partial charge in [0.1, 0.15) is 16.8 Å². The zero-order chi connectivity index (χ0) is 16.1. The first-order valence-corrected chi connectivity index (χ1v) is 5.89. The van der Waals surface area contributed by atoms with Gasteiger partial charge in [0.2, 0.25) is 0 Å². The minimum absolute atomic E-state index is 0.0233. The highest BCUT2D eigenvalue weighted by atomic mass is 35.5. The van der Waals surface area contributed by atoms with Crippen molar-refractivity contribution in [2.75, 3.05) is 0 Å². The standard InChI is InChI=1S/C11H14ClF3N2O3/c1-5(2)3-7(10(19)20)17-9(18)6(4-8(12)16)11(13,14)15/h4-5,7,16H,3H2,1-2H3,(H,17,18)(H,19,20)/b6-4+,16-8?. The lowest BCUT2D eigenvalue weighted by atomic mass is 10.0. The van der Waals surface area contributed by atoms with Crippen LogP contribution in [0.15, 0.2) is 11.6 Å². The number of carboxylic acids is 1. The molecule has 0 aromatic rings. The van der Waals surface area contributed by atoms with Gasteiger partial charge < -0.3 is 10.4 Å². The molecule has 0 aliphatic rings. The molecule has 0 saturated heterocycles. The normalized spacial score (nSPS) is 14.1. The van der Waals surface area contributed by atoms with Crippen LogP contribution >= 0.6 is 11.6 Å². The Morgan fingerprint density at radius 1 is 1.40 bits per heavy atom. The third-order valence-corrected chi connectivity index (χ3v) is 2.24. The van der Waals surface area contributed by atoms with E-state index in [4.69, 9.17) is 22.1 Å². The molecule has 0 aromatic carbocycles. The third kappa shape index (κ3) is 6.55. The molecular weight excluding hydrogens is 301 g/mol. The molecule has 0 aliphatic carbocycles. The second-order valence-electron chi connectivity index (χ2n) is 4.40. The van der Waals surface area contributed by atoms with Gasteiger partial charge in [-0.25, -0.2) is 4.79 Å². The van der Waals surface area contributed by atoms with E-state index >= 15 is 0 Å². The van der Waals surface area contributed by atoms with E-state index in [9.17, 15) is 22.8 Å². The molecular formula is C11H14ClF3N2O3. The Balaban J connectivity index is 5.19. The van der Waals surface area contributed by atoms with Crippen LogP contribution in [-0.4, -0.2) is 34.4 Å². The Labute approximate surface area is 118 Å². The number of aliphatic carboxylic acids is 1. The lowest BCUT2D eigenvalue weighted by molar-refractivity contribution is -0.144. The van der Waals surface area contributed by atoms with Crippen molar-refractivity contribution >= 4 is 28.6 Å². The zero-order valence-corrected chi connectivity index (χ0v) is 11.5. The molecule has 0 heterocycles. The van der Waals surface area contributed by atoms with Crippen molar-refractivity contribution in [3.8, 4) is 0 Å². The maximum Gasteiger partial charge on any atom is 0.421 e. The van der Waals surface area contributed by atoms with Gasteiger partial charge in [-0.1, -0.05) is 25.4 Å². The Morgan fingerprint density at radius 3 is 2.20 bits per heavy atom. The fraction of sp³-hybridized carbons (Fsp3) is 0.545. The van der Waals surface area contributed by atoms with Crippen molar-refractivity contribution in [3.63, 3.8) is 0 Å². The van der Waals surface area contributed by atoms with E-state index in [1.165, 1.54) is 0 Å². The van der Waals surface area contributed by atoms with E-state index in [-0.39, 0.29) is 18.4 Å². The van der Waals surface area contributed by atoms with Crippen LogP contribution in [0.5, 0.6) is 0 Å². The van der Waals surface area contributed by atoms with Crippen LogP contribution in [-0.2, 0) is 9.59 Å². The molecule has 0 radical (unpaired) electrons.